The number of rotatable bonds is 2. The van der Waals surface area contributed by atoms with Crippen LogP contribution in [0.2, 0.25) is 5.02 Å². The molecule has 1 aliphatic heterocycles. The fourth-order valence-corrected chi connectivity index (χ4v) is 2.78. The van der Waals surface area contributed by atoms with Gasteiger partial charge in [0.25, 0.3) is 0 Å². The summed E-state index contributed by atoms with van der Waals surface area (Å²) in [7, 11) is 0. The molecular weight excluding hydrogens is 259 g/mol. The Hall–Kier alpha value is -0.740. The van der Waals surface area contributed by atoms with Crippen LogP contribution in [-0.2, 0) is 0 Å². The van der Waals surface area contributed by atoms with Crippen molar-refractivity contribution in [2.24, 2.45) is 4.99 Å². The van der Waals surface area contributed by atoms with Gasteiger partial charge in [0.05, 0.1) is 11.7 Å². The molecule has 0 aliphatic carbocycles. The van der Waals surface area contributed by atoms with Crippen LogP contribution in [-0.4, -0.2) is 17.0 Å². The van der Waals surface area contributed by atoms with Crippen molar-refractivity contribution >= 4 is 34.2 Å². The zero-order valence-corrected chi connectivity index (χ0v) is 11.1. The van der Waals surface area contributed by atoms with Crippen LogP contribution in [0, 0.1) is 5.82 Å². The smallest absolute Gasteiger partial charge is 0.161 e. The highest BCUT2D eigenvalue weighted by molar-refractivity contribution is 8.14. The van der Waals surface area contributed by atoms with E-state index in [-0.39, 0.29) is 5.82 Å². The van der Waals surface area contributed by atoms with Crippen molar-refractivity contribution in [3.05, 3.63) is 29.0 Å². The lowest BCUT2D eigenvalue weighted by molar-refractivity contribution is 0.629. The van der Waals surface area contributed by atoms with Crippen LogP contribution in [0.3, 0.4) is 0 Å². The van der Waals surface area contributed by atoms with Crippen molar-refractivity contribution in [3.63, 3.8) is 0 Å². The van der Waals surface area contributed by atoms with Gasteiger partial charge in [-0.2, -0.15) is 0 Å². The summed E-state index contributed by atoms with van der Waals surface area (Å²) in [5, 5.41) is 4.22. The number of aliphatic imine (C=N–C) groups is 1. The fourth-order valence-electron chi connectivity index (χ4n) is 1.63. The van der Waals surface area contributed by atoms with Gasteiger partial charge in [0.15, 0.2) is 5.17 Å². The highest BCUT2D eigenvalue weighted by Crippen LogP contribution is 2.24. The molecule has 2 nitrogen and oxygen atoms in total. The van der Waals surface area contributed by atoms with Crippen LogP contribution in [0.25, 0.3) is 0 Å². The second-order valence-corrected chi connectivity index (χ2v) is 5.40. The fraction of sp³-hybridized carbons (Fsp3) is 0.417. The summed E-state index contributed by atoms with van der Waals surface area (Å²) in [5.41, 5.74) is 0.428. The zero-order valence-electron chi connectivity index (χ0n) is 9.54. The van der Waals surface area contributed by atoms with E-state index in [1.54, 1.807) is 23.9 Å². The van der Waals surface area contributed by atoms with Gasteiger partial charge >= 0.3 is 0 Å². The van der Waals surface area contributed by atoms with Gasteiger partial charge in [0.1, 0.15) is 5.82 Å². The van der Waals surface area contributed by atoms with E-state index in [0.29, 0.717) is 16.8 Å². The molecule has 0 fully saturated rings. The number of benzene rings is 1. The Balaban J connectivity index is 2.12. The van der Waals surface area contributed by atoms with Crippen molar-refractivity contribution in [2.75, 3.05) is 11.1 Å². The number of amidine groups is 1. The Kier molecular flexibility index (Phi) is 4.29. The number of nitrogens with one attached hydrogen (secondary N) is 1. The first-order valence-electron chi connectivity index (χ1n) is 5.61. The van der Waals surface area contributed by atoms with Crippen LogP contribution in [0.15, 0.2) is 23.2 Å². The lowest BCUT2D eigenvalue weighted by Gasteiger charge is -2.19. The number of hydrogen-bond acceptors (Lipinski definition) is 3. The molecule has 0 saturated heterocycles. The SMILES string of the molecule is CCC1CCSC(Nc2ccc(Cl)cc2F)=N1. The average molecular weight is 273 g/mol. The molecule has 1 heterocycles. The van der Waals surface area contributed by atoms with Gasteiger partial charge in [-0.3, -0.25) is 4.99 Å². The molecule has 1 atom stereocenters. The maximum absolute atomic E-state index is 13.6. The molecule has 1 unspecified atom stereocenters. The average Bonchev–Trinajstić information content (AvgIpc) is 2.33. The van der Waals surface area contributed by atoms with Crippen molar-refractivity contribution in [2.45, 2.75) is 25.8 Å². The quantitative estimate of drug-likeness (QED) is 0.874. The van der Waals surface area contributed by atoms with Crippen LogP contribution >= 0.6 is 23.4 Å². The standard InChI is InChI=1S/C12H14ClFN2S/c1-2-9-5-6-17-12(15-9)16-11-4-3-8(13)7-10(11)14/h3-4,7,9H,2,5-6H2,1H3,(H,15,16). The molecule has 5 heteroatoms. The third-order valence-corrected chi connectivity index (χ3v) is 3.79. The molecule has 0 radical (unpaired) electrons. The molecule has 17 heavy (non-hydrogen) atoms. The van der Waals surface area contributed by atoms with Gasteiger partial charge in [0, 0.05) is 10.8 Å². The van der Waals surface area contributed by atoms with E-state index in [9.17, 15) is 4.39 Å². The zero-order chi connectivity index (χ0) is 12.3. The van der Waals surface area contributed by atoms with Crippen molar-refractivity contribution < 1.29 is 4.39 Å². The lowest BCUT2D eigenvalue weighted by atomic mass is 10.2. The number of anilines is 1. The molecule has 0 amide bonds. The molecule has 1 aromatic carbocycles. The van der Waals surface area contributed by atoms with Gasteiger partial charge in [-0.1, -0.05) is 30.3 Å². The molecule has 2 rings (SSSR count). The predicted octanol–water partition coefficient (Wildman–Crippen LogP) is 4.16. The van der Waals surface area contributed by atoms with E-state index in [0.717, 1.165) is 23.8 Å². The van der Waals surface area contributed by atoms with Crippen LogP contribution in [0.4, 0.5) is 10.1 Å². The minimum Gasteiger partial charge on any atom is -0.333 e. The summed E-state index contributed by atoms with van der Waals surface area (Å²) < 4.78 is 13.6. The summed E-state index contributed by atoms with van der Waals surface area (Å²) >= 11 is 7.33. The topological polar surface area (TPSA) is 24.4 Å². The predicted molar refractivity (Wildman–Crippen MR) is 73.6 cm³/mol. The lowest BCUT2D eigenvalue weighted by Crippen LogP contribution is -2.20. The maximum Gasteiger partial charge on any atom is 0.161 e. The number of thioether (sulfide) groups is 1. The first-order valence-corrected chi connectivity index (χ1v) is 6.98. The van der Waals surface area contributed by atoms with E-state index in [1.165, 1.54) is 6.07 Å². The van der Waals surface area contributed by atoms with Crippen molar-refractivity contribution in [1.29, 1.82) is 0 Å². The normalized spacial score (nSPS) is 19.9. The van der Waals surface area contributed by atoms with Crippen LogP contribution in [0.1, 0.15) is 19.8 Å². The highest BCUT2D eigenvalue weighted by atomic mass is 35.5. The molecule has 0 spiro atoms. The van der Waals surface area contributed by atoms with Crippen molar-refractivity contribution in [1.82, 2.24) is 0 Å². The van der Waals surface area contributed by atoms with Gasteiger partial charge in [-0.05, 0) is 31.0 Å². The largest absolute Gasteiger partial charge is 0.333 e. The summed E-state index contributed by atoms with van der Waals surface area (Å²) in [6.45, 7) is 2.12. The third-order valence-electron chi connectivity index (χ3n) is 2.63. The van der Waals surface area contributed by atoms with Crippen LogP contribution < -0.4 is 5.32 Å². The molecule has 92 valence electrons. The second kappa shape index (κ2) is 5.74. The van der Waals surface area contributed by atoms with Crippen LogP contribution in [0.5, 0.6) is 0 Å². The van der Waals surface area contributed by atoms with Crippen molar-refractivity contribution in [3.8, 4) is 0 Å². The summed E-state index contributed by atoms with van der Waals surface area (Å²) in [5.74, 6) is 0.680. The number of nitrogens with zero attached hydrogens (tertiary/aromatic N) is 1. The Bertz CT molecular complexity index is 437. The molecule has 1 aliphatic rings. The molecule has 1 aromatic rings. The van der Waals surface area contributed by atoms with Gasteiger partial charge in [-0.15, -0.1) is 0 Å². The summed E-state index contributed by atoms with van der Waals surface area (Å²) in [4.78, 5) is 4.53. The Labute approximate surface area is 110 Å². The Morgan fingerprint density at radius 3 is 3.12 bits per heavy atom. The Morgan fingerprint density at radius 1 is 1.59 bits per heavy atom. The minimum absolute atomic E-state index is 0.348. The first-order chi connectivity index (χ1) is 8.19. The molecule has 1 N–H and O–H groups in total. The van der Waals surface area contributed by atoms with E-state index in [4.69, 9.17) is 11.6 Å². The molecule has 0 saturated carbocycles. The summed E-state index contributed by atoms with van der Waals surface area (Å²) in [6, 6.07) is 4.96. The molecule has 0 bridgehead atoms. The molecular formula is C12H14ClFN2S. The second-order valence-electron chi connectivity index (χ2n) is 3.88. The monoisotopic (exact) mass is 272 g/mol. The van der Waals surface area contributed by atoms with E-state index in [1.807, 2.05) is 0 Å². The van der Waals surface area contributed by atoms with Gasteiger partial charge in [0.2, 0.25) is 0 Å². The van der Waals surface area contributed by atoms with E-state index >= 15 is 0 Å². The Morgan fingerprint density at radius 2 is 2.41 bits per heavy atom. The summed E-state index contributed by atoms with van der Waals surface area (Å²) in [6.07, 6.45) is 2.12. The third kappa shape index (κ3) is 3.36. The highest BCUT2D eigenvalue weighted by Gasteiger charge is 2.15. The van der Waals surface area contributed by atoms with Gasteiger partial charge < -0.3 is 5.32 Å². The number of hydrogen-bond donors (Lipinski definition) is 1. The minimum atomic E-state index is -0.348. The number of halogens is 2. The van der Waals surface area contributed by atoms with E-state index < -0.39 is 0 Å². The van der Waals surface area contributed by atoms with E-state index in [2.05, 4.69) is 17.2 Å². The maximum atomic E-state index is 13.6. The first kappa shape index (κ1) is 12.7. The van der Waals surface area contributed by atoms with Gasteiger partial charge in [-0.25, -0.2) is 4.39 Å². The molecule has 0 aromatic heterocycles.